The zero-order valence-electron chi connectivity index (χ0n) is 16.3. The number of ether oxygens (including phenoxy) is 2. The molecule has 0 bridgehead atoms. The van der Waals surface area contributed by atoms with Crippen LogP contribution in [0.25, 0.3) is 0 Å². The minimum atomic E-state index is 0.0801. The zero-order valence-corrected chi connectivity index (χ0v) is 16.3. The third kappa shape index (κ3) is 3.36. The Morgan fingerprint density at radius 1 is 1.23 bits per heavy atom. The third-order valence-electron chi connectivity index (χ3n) is 6.40. The van der Waals surface area contributed by atoms with E-state index in [1.54, 1.807) is 0 Å². The van der Waals surface area contributed by atoms with Gasteiger partial charge in [-0.1, -0.05) is 6.07 Å². The molecule has 2 saturated carbocycles. The number of benzene rings is 1. The number of hydrogen-bond acceptors (Lipinski definition) is 4. The normalized spacial score (nSPS) is 29.1. The quantitative estimate of drug-likeness (QED) is 0.772. The molecule has 3 aliphatic rings. The van der Waals surface area contributed by atoms with E-state index in [2.05, 4.69) is 30.1 Å². The number of Topliss-reactive ketones (excluding diaryl/α,β-unsaturated/α-hetero) is 1. The second kappa shape index (κ2) is 6.88. The summed E-state index contributed by atoms with van der Waals surface area (Å²) >= 11 is 0. The van der Waals surface area contributed by atoms with Gasteiger partial charge in [0, 0.05) is 24.3 Å². The Hall–Kier alpha value is -1.55. The number of hydrogen-bond donors (Lipinski definition) is 0. The van der Waals surface area contributed by atoms with Gasteiger partial charge in [-0.05, 0) is 76.7 Å². The summed E-state index contributed by atoms with van der Waals surface area (Å²) in [6.45, 7) is 5.94. The van der Waals surface area contributed by atoms with Crippen molar-refractivity contribution in [2.45, 2.75) is 69.9 Å². The van der Waals surface area contributed by atoms with Gasteiger partial charge >= 0.3 is 0 Å². The molecular weight excluding hydrogens is 326 g/mol. The van der Waals surface area contributed by atoms with E-state index in [-0.39, 0.29) is 11.5 Å². The van der Waals surface area contributed by atoms with Crippen LogP contribution < -0.4 is 9.47 Å². The van der Waals surface area contributed by atoms with Crippen LogP contribution in [-0.4, -0.2) is 43.0 Å². The molecule has 3 fully saturated rings. The van der Waals surface area contributed by atoms with Crippen molar-refractivity contribution in [2.24, 2.45) is 5.92 Å². The Bertz CT molecular complexity index is 682. The van der Waals surface area contributed by atoms with Gasteiger partial charge in [-0.3, -0.25) is 4.79 Å². The lowest BCUT2D eigenvalue weighted by Crippen LogP contribution is -2.46. The van der Waals surface area contributed by atoms with Crippen LogP contribution in [0.3, 0.4) is 0 Å². The predicted octanol–water partition coefficient (Wildman–Crippen LogP) is 3.96. The second-order valence-corrected chi connectivity index (χ2v) is 8.73. The van der Waals surface area contributed by atoms with E-state index in [1.807, 2.05) is 13.8 Å². The Kier molecular flexibility index (Phi) is 4.72. The Morgan fingerprint density at radius 3 is 2.77 bits per heavy atom. The van der Waals surface area contributed by atoms with E-state index in [1.165, 1.54) is 18.4 Å². The summed E-state index contributed by atoms with van der Waals surface area (Å²) in [7, 11) is 2.16. The first-order valence-corrected chi connectivity index (χ1v) is 10.1. The molecule has 1 aromatic rings. The molecule has 0 amide bonds. The first-order chi connectivity index (χ1) is 12.5. The van der Waals surface area contributed by atoms with Crippen molar-refractivity contribution in [1.82, 2.24) is 4.90 Å². The Balaban J connectivity index is 1.66. The van der Waals surface area contributed by atoms with Crippen LogP contribution in [-0.2, 0) is 10.2 Å². The lowest BCUT2D eigenvalue weighted by molar-refractivity contribution is -0.122. The van der Waals surface area contributed by atoms with Gasteiger partial charge in [-0.25, -0.2) is 0 Å². The fraction of sp³-hybridized carbons (Fsp3) is 0.682. The minimum Gasteiger partial charge on any atom is -0.489 e. The van der Waals surface area contributed by atoms with Crippen LogP contribution in [0.2, 0.25) is 0 Å². The van der Waals surface area contributed by atoms with Crippen LogP contribution >= 0.6 is 0 Å². The van der Waals surface area contributed by atoms with Crippen LogP contribution in [0.4, 0.5) is 0 Å². The summed E-state index contributed by atoms with van der Waals surface area (Å²) in [5, 5.41) is 0. The first-order valence-electron chi connectivity index (χ1n) is 10.1. The van der Waals surface area contributed by atoms with Crippen molar-refractivity contribution in [3.05, 3.63) is 23.8 Å². The highest BCUT2D eigenvalue weighted by Gasteiger charge is 2.50. The van der Waals surface area contributed by atoms with Gasteiger partial charge in [0.25, 0.3) is 0 Å². The van der Waals surface area contributed by atoms with E-state index in [0.29, 0.717) is 30.6 Å². The molecule has 4 nitrogen and oxygen atoms in total. The van der Waals surface area contributed by atoms with Gasteiger partial charge in [-0.15, -0.1) is 0 Å². The van der Waals surface area contributed by atoms with E-state index >= 15 is 0 Å². The smallest absolute Gasteiger partial charge is 0.161 e. The monoisotopic (exact) mass is 357 g/mol. The molecule has 26 heavy (non-hydrogen) atoms. The van der Waals surface area contributed by atoms with Crippen molar-refractivity contribution < 1.29 is 14.3 Å². The molecule has 0 spiro atoms. The van der Waals surface area contributed by atoms with E-state index < -0.39 is 0 Å². The number of carbonyl (C=O) groups is 1. The highest BCUT2D eigenvalue weighted by Crippen LogP contribution is 2.49. The van der Waals surface area contributed by atoms with Crippen molar-refractivity contribution >= 4 is 5.78 Å². The minimum absolute atomic E-state index is 0.0801. The Labute approximate surface area is 156 Å². The van der Waals surface area contributed by atoms with Crippen molar-refractivity contribution in [2.75, 3.05) is 20.2 Å². The molecular formula is C22H31NO3. The van der Waals surface area contributed by atoms with Gasteiger partial charge in [0.15, 0.2) is 11.5 Å². The highest BCUT2D eigenvalue weighted by atomic mass is 16.5. The van der Waals surface area contributed by atoms with Gasteiger partial charge in [0.1, 0.15) is 5.78 Å². The van der Waals surface area contributed by atoms with Crippen molar-refractivity contribution in [3.8, 4) is 11.5 Å². The van der Waals surface area contributed by atoms with E-state index in [9.17, 15) is 4.79 Å². The molecule has 1 aromatic carbocycles. The van der Waals surface area contributed by atoms with Gasteiger partial charge in [0.2, 0.25) is 0 Å². The van der Waals surface area contributed by atoms with Crippen LogP contribution in [0.15, 0.2) is 18.2 Å². The third-order valence-corrected chi connectivity index (χ3v) is 6.40. The SMILES string of the molecule is CC(C)Oc1ccc([C@@]23CCC(=O)C[C@@H]2N(C)CC3)cc1OCC1CC1. The van der Waals surface area contributed by atoms with Crippen molar-refractivity contribution in [3.63, 3.8) is 0 Å². The molecule has 4 heteroatoms. The lowest BCUT2D eigenvalue weighted by Gasteiger charge is -2.41. The largest absolute Gasteiger partial charge is 0.489 e. The molecule has 1 aliphatic heterocycles. The number of ketones is 1. The lowest BCUT2D eigenvalue weighted by atomic mass is 9.66. The molecule has 2 aliphatic carbocycles. The molecule has 142 valence electrons. The molecule has 1 saturated heterocycles. The summed E-state index contributed by atoms with van der Waals surface area (Å²) < 4.78 is 12.2. The average molecular weight is 357 g/mol. The summed E-state index contributed by atoms with van der Waals surface area (Å²) in [4.78, 5) is 14.5. The van der Waals surface area contributed by atoms with Gasteiger partial charge < -0.3 is 14.4 Å². The fourth-order valence-corrected chi connectivity index (χ4v) is 4.70. The number of rotatable bonds is 6. The van der Waals surface area contributed by atoms with Gasteiger partial charge in [0.05, 0.1) is 12.7 Å². The maximum atomic E-state index is 12.1. The van der Waals surface area contributed by atoms with Crippen molar-refractivity contribution in [1.29, 1.82) is 0 Å². The number of nitrogens with zero attached hydrogens (tertiary/aromatic N) is 1. The van der Waals surface area contributed by atoms with Crippen LogP contribution in [0.5, 0.6) is 11.5 Å². The maximum absolute atomic E-state index is 12.1. The Morgan fingerprint density at radius 2 is 2.04 bits per heavy atom. The molecule has 0 N–H and O–H groups in total. The predicted molar refractivity (Wildman–Crippen MR) is 102 cm³/mol. The number of likely N-dealkylation sites (tertiary alicyclic amines) is 1. The molecule has 2 atom stereocenters. The number of likely N-dealkylation sites (N-methyl/N-ethyl adjacent to an activating group) is 1. The molecule has 0 aromatic heterocycles. The summed E-state index contributed by atoms with van der Waals surface area (Å²) in [6.07, 6.45) is 6.13. The zero-order chi connectivity index (χ0) is 18.3. The molecule has 1 heterocycles. The number of fused-ring (bicyclic) bond motifs is 1. The van der Waals surface area contributed by atoms with Crippen LogP contribution in [0.1, 0.15) is 57.9 Å². The topological polar surface area (TPSA) is 38.8 Å². The second-order valence-electron chi connectivity index (χ2n) is 8.73. The standard InChI is InChI=1S/C22H31NO3/c1-15(2)26-19-7-6-17(12-20(19)25-14-16-4-5-16)22-9-8-18(24)13-21(22)23(3)11-10-22/h6-7,12,15-16,21H,4-5,8-11,13-14H2,1-3H3/t21-,22-/m0/s1. The average Bonchev–Trinajstić information content (AvgIpc) is 3.38. The summed E-state index contributed by atoms with van der Waals surface area (Å²) in [6, 6.07) is 6.82. The summed E-state index contributed by atoms with van der Waals surface area (Å²) in [5.74, 6) is 2.84. The van der Waals surface area contributed by atoms with E-state index in [4.69, 9.17) is 9.47 Å². The molecule has 0 radical (unpaired) electrons. The summed E-state index contributed by atoms with van der Waals surface area (Å²) in [5.41, 5.74) is 1.40. The maximum Gasteiger partial charge on any atom is 0.161 e. The fourth-order valence-electron chi connectivity index (χ4n) is 4.70. The molecule has 0 unspecified atom stereocenters. The van der Waals surface area contributed by atoms with Crippen LogP contribution in [0, 0.1) is 5.92 Å². The molecule has 4 rings (SSSR count). The van der Waals surface area contributed by atoms with Gasteiger partial charge in [-0.2, -0.15) is 0 Å². The number of carbonyl (C=O) groups excluding carboxylic acids is 1. The van der Waals surface area contributed by atoms with E-state index in [0.717, 1.165) is 37.5 Å². The highest BCUT2D eigenvalue weighted by molar-refractivity contribution is 5.81. The first kappa shape index (κ1) is 17.8.